The normalized spacial score (nSPS) is 11.8. The first-order valence-corrected chi connectivity index (χ1v) is 11.0. The first-order valence-electron chi connectivity index (χ1n) is 10.0. The summed E-state index contributed by atoms with van der Waals surface area (Å²) in [4.78, 5) is 24.9. The van der Waals surface area contributed by atoms with E-state index in [9.17, 15) is 9.59 Å². The maximum atomic E-state index is 12.6. The van der Waals surface area contributed by atoms with E-state index >= 15 is 0 Å². The molecule has 0 bridgehead atoms. The summed E-state index contributed by atoms with van der Waals surface area (Å²) >= 11 is 1.30. The van der Waals surface area contributed by atoms with Crippen LogP contribution in [-0.2, 0) is 11.8 Å². The van der Waals surface area contributed by atoms with E-state index in [-0.39, 0.29) is 23.6 Å². The summed E-state index contributed by atoms with van der Waals surface area (Å²) in [7, 11) is 1.83. The first kappa shape index (κ1) is 22.6. The van der Waals surface area contributed by atoms with Gasteiger partial charge in [-0.25, -0.2) is 0 Å². The predicted molar refractivity (Wildman–Crippen MR) is 123 cm³/mol. The molecule has 1 atom stereocenters. The number of carbonyl (C=O) groups is 2. The molecule has 0 fully saturated rings. The number of thioether (sulfide) groups is 1. The number of carbonyl (C=O) groups excluding carboxylic acids is 2. The Morgan fingerprint density at radius 3 is 2.52 bits per heavy atom. The molecule has 2 N–H and O–H groups in total. The molecule has 2 aromatic carbocycles. The van der Waals surface area contributed by atoms with Crippen molar-refractivity contribution in [2.45, 2.75) is 38.9 Å². The molecule has 31 heavy (non-hydrogen) atoms. The van der Waals surface area contributed by atoms with Gasteiger partial charge in [0.05, 0.1) is 11.8 Å². The van der Waals surface area contributed by atoms with E-state index in [4.69, 9.17) is 0 Å². The van der Waals surface area contributed by atoms with E-state index in [0.29, 0.717) is 16.5 Å². The van der Waals surface area contributed by atoms with Crippen molar-refractivity contribution < 1.29 is 9.59 Å². The van der Waals surface area contributed by atoms with Crippen LogP contribution < -0.4 is 10.6 Å². The maximum Gasteiger partial charge on any atom is 0.252 e. The number of benzene rings is 2. The summed E-state index contributed by atoms with van der Waals surface area (Å²) in [5, 5.41) is 14.9. The predicted octanol–water partition coefficient (Wildman–Crippen LogP) is 3.96. The van der Waals surface area contributed by atoms with Crippen LogP contribution >= 0.6 is 11.8 Å². The molecule has 0 aliphatic heterocycles. The average molecular weight is 438 g/mol. The molecule has 0 saturated heterocycles. The minimum Gasteiger partial charge on any atom is -0.342 e. The average Bonchev–Trinajstić information content (AvgIpc) is 3.09. The van der Waals surface area contributed by atoms with Gasteiger partial charge in [0.25, 0.3) is 5.91 Å². The van der Waals surface area contributed by atoms with Crippen LogP contribution in [0.3, 0.4) is 0 Å². The summed E-state index contributed by atoms with van der Waals surface area (Å²) in [6.45, 7) is 7.75. The maximum absolute atomic E-state index is 12.6. The number of aryl methyl sites for hydroxylation is 3. The second-order valence-corrected chi connectivity index (χ2v) is 8.51. The van der Waals surface area contributed by atoms with Gasteiger partial charge in [-0.2, -0.15) is 0 Å². The Bertz CT molecular complexity index is 1110. The van der Waals surface area contributed by atoms with Crippen LogP contribution in [0.4, 0.5) is 5.69 Å². The van der Waals surface area contributed by atoms with Gasteiger partial charge in [-0.05, 0) is 51.0 Å². The van der Waals surface area contributed by atoms with Crippen LogP contribution in [0, 0.1) is 20.8 Å². The third-order valence-electron chi connectivity index (χ3n) is 4.98. The smallest absolute Gasteiger partial charge is 0.252 e. The lowest BCUT2D eigenvalue weighted by Crippen LogP contribution is -2.29. The number of hydrogen-bond donors (Lipinski definition) is 2. The summed E-state index contributed by atoms with van der Waals surface area (Å²) in [6, 6.07) is 13.0. The fourth-order valence-electron chi connectivity index (χ4n) is 3.27. The zero-order valence-corrected chi connectivity index (χ0v) is 19.2. The zero-order chi connectivity index (χ0) is 22.5. The van der Waals surface area contributed by atoms with E-state index < -0.39 is 0 Å². The third-order valence-corrected chi connectivity index (χ3v) is 6.00. The highest BCUT2D eigenvalue weighted by atomic mass is 32.2. The topological polar surface area (TPSA) is 88.9 Å². The molecule has 0 aliphatic carbocycles. The minimum absolute atomic E-state index is 0.109. The van der Waals surface area contributed by atoms with Crippen molar-refractivity contribution in [3.8, 4) is 0 Å². The molecule has 3 rings (SSSR count). The number of aromatic nitrogens is 3. The second-order valence-electron chi connectivity index (χ2n) is 7.57. The lowest BCUT2D eigenvalue weighted by molar-refractivity contribution is -0.113. The minimum atomic E-state index is -0.331. The monoisotopic (exact) mass is 437 g/mol. The molecule has 0 spiro atoms. The van der Waals surface area contributed by atoms with Crippen LogP contribution in [0.5, 0.6) is 0 Å². The summed E-state index contributed by atoms with van der Waals surface area (Å²) in [6.07, 6.45) is 0. The van der Waals surface area contributed by atoms with Crippen molar-refractivity contribution in [2.24, 2.45) is 7.05 Å². The van der Waals surface area contributed by atoms with Crippen LogP contribution in [0.25, 0.3) is 0 Å². The van der Waals surface area contributed by atoms with Gasteiger partial charge in [0.15, 0.2) is 11.0 Å². The van der Waals surface area contributed by atoms with Crippen molar-refractivity contribution in [3.63, 3.8) is 0 Å². The Kier molecular flexibility index (Phi) is 7.12. The number of nitrogens with one attached hydrogen (secondary N) is 2. The van der Waals surface area contributed by atoms with Crippen molar-refractivity contribution in [1.82, 2.24) is 20.1 Å². The largest absolute Gasteiger partial charge is 0.342 e. The van der Waals surface area contributed by atoms with Gasteiger partial charge in [-0.1, -0.05) is 47.7 Å². The molecule has 7 nitrogen and oxygen atoms in total. The Balaban J connectivity index is 1.59. The Morgan fingerprint density at radius 1 is 1.06 bits per heavy atom. The van der Waals surface area contributed by atoms with E-state index in [2.05, 4.69) is 20.8 Å². The molecule has 0 saturated carbocycles. The molecule has 1 aromatic heterocycles. The summed E-state index contributed by atoms with van der Waals surface area (Å²) < 4.78 is 1.80. The number of rotatable bonds is 7. The van der Waals surface area contributed by atoms with E-state index in [1.165, 1.54) is 11.8 Å². The van der Waals surface area contributed by atoms with Gasteiger partial charge in [0.2, 0.25) is 5.91 Å². The van der Waals surface area contributed by atoms with E-state index in [0.717, 1.165) is 22.4 Å². The first-order chi connectivity index (χ1) is 14.8. The zero-order valence-electron chi connectivity index (χ0n) is 18.4. The van der Waals surface area contributed by atoms with Crippen molar-refractivity contribution in [2.75, 3.05) is 11.1 Å². The Hall–Kier alpha value is -3.13. The number of hydrogen-bond acceptors (Lipinski definition) is 5. The third kappa shape index (κ3) is 5.52. The van der Waals surface area contributed by atoms with Gasteiger partial charge in [-0.3, -0.25) is 9.59 Å². The van der Waals surface area contributed by atoms with Gasteiger partial charge >= 0.3 is 0 Å². The van der Waals surface area contributed by atoms with Crippen molar-refractivity contribution >= 4 is 29.3 Å². The summed E-state index contributed by atoms with van der Waals surface area (Å²) in [5.74, 6) is 0.570. The van der Waals surface area contributed by atoms with Crippen LogP contribution in [-0.4, -0.2) is 32.3 Å². The van der Waals surface area contributed by atoms with Gasteiger partial charge < -0.3 is 15.2 Å². The van der Waals surface area contributed by atoms with Gasteiger partial charge in [-0.15, -0.1) is 10.2 Å². The fraction of sp³-hybridized carbons (Fsp3) is 0.304. The standard InChI is InChI=1S/C23H27N5O2S/c1-14-10-11-19(16(3)12-14)25-20(29)13-31-23-27-26-21(28(23)5)17(4)24-22(30)18-9-7-6-8-15(18)2/h6-12,17H,13H2,1-5H3,(H,24,30)(H,25,29)/t17-/m1/s1. The van der Waals surface area contributed by atoms with Crippen LogP contribution in [0.2, 0.25) is 0 Å². The molecular formula is C23H27N5O2S. The molecule has 0 unspecified atom stereocenters. The molecule has 0 radical (unpaired) electrons. The van der Waals surface area contributed by atoms with Gasteiger partial charge in [0, 0.05) is 18.3 Å². The second kappa shape index (κ2) is 9.78. The Labute approximate surface area is 186 Å². The van der Waals surface area contributed by atoms with Gasteiger partial charge in [0.1, 0.15) is 0 Å². The molecular weight excluding hydrogens is 410 g/mol. The fourth-order valence-corrected chi connectivity index (χ4v) is 3.98. The lowest BCUT2D eigenvalue weighted by atomic mass is 10.1. The number of anilines is 1. The van der Waals surface area contributed by atoms with Crippen LogP contribution in [0.1, 0.15) is 45.8 Å². The molecule has 1 heterocycles. The van der Waals surface area contributed by atoms with E-state index in [1.54, 1.807) is 10.6 Å². The van der Waals surface area contributed by atoms with Crippen molar-refractivity contribution in [1.29, 1.82) is 0 Å². The van der Waals surface area contributed by atoms with Crippen LogP contribution in [0.15, 0.2) is 47.6 Å². The highest BCUT2D eigenvalue weighted by Crippen LogP contribution is 2.21. The highest BCUT2D eigenvalue weighted by Gasteiger charge is 2.19. The SMILES string of the molecule is Cc1ccc(NC(=O)CSc2nnc([C@@H](C)NC(=O)c3ccccc3C)n2C)c(C)c1. The Morgan fingerprint density at radius 2 is 1.81 bits per heavy atom. The molecule has 162 valence electrons. The lowest BCUT2D eigenvalue weighted by Gasteiger charge is -2.14. The molecule has 2 amide bonds. The molecule has 0 aliphatic rings. The molecule has 8 heteroatoms. The number of nitrogens with zero attached hydrogens (tertiary/aromatic N) is 3. The van der Waals surface area contributed by atoms with E-state index in [1.807, 2.05) is 71.1 Å². The van der Waals surface area contributed by atoms with Crippen molar-refractivity contribution in [3.05, 3.63) is 70.5 Å². The quantitative estimate of drug-likeness (QED) is 0.546. The number of amides is 2. The highest BCUT2D eigenvalue weighted by molar-refractivity contribution is 7.99. The molecule has 3 aromatic rings. The summed E-state index contributed by atoms with van der Waals surface area (Å²) in [5.41, 5.74) is 4.53.